The van der Waals surface area contributed by atoms with Crippen molar-refractivity contribution in [3.8, 4) is 11.1 Å². The van der Waals surface area contributed by atoms with E-state index in [1.807, 2.05) is 35.2 Å². The molecule has 0 aliphatic carbocycles. The molecular weight excluding hydrogens is 1090 g/mol. The molecular formula is C61H75FN16O7. The third-order valence-corrected chi connectivity index (χ3v) is 16.7. The standard InChI is InChI=1S/C61H75FN16O7/c1-73-50-33-47(48(62)32-43(50)34-67-73)46-12-11-13-49-57(46)58(71-78(49)38-53(80)65-35-45-37-77(72-70-45)39-56(83)85-2)42-23-30-76(31-24-42)55(82)20-19-52(79)64-25-8-5-3-4-7-14-54(81)75-28-21-41(22-29-75)40-15-17-44(18-16-40)68-61-59(60(63)84)66-36-51(69-61)74-26-9-6-10-27-74/h11-13,15-18,32-34,36-37,41-42H,3-10,14,19-31,35,38-39H2,1-2H3,(H2,63,84)(H,64,79)(H,65,80)(H,68,69). The van der Waals surface area contributed by atoms with Crippen molar-refractivity contribution in [1.29, 1.82) is 0 Å². The fraction of sp³-hybridized carbons (Fsp3) is 0.475. The highest BCUT2D eigenvalue weighted by molar-refractivity contribution is 6.00. The lowest BCUT2D eigenvalue weighted by molar-refractivity contribution is -0.141. The van der Waals surface area contributed by atoms with E-state index in [1.54, 1.807) is 46.0 Å². The van der Waals surface area contributed by atoms with Crippen molar-refractivity contribution in [2.75, 3.05) is 63.1 Å². The van der Waals surface area contributed by atoms with Crippen LogP contribution in [0.3, 0.4) is 0 Å². The molecule has 0 unspecified atom stereocenters. The molecule has 0 atom stereocenters. The molecule has 7 heterocycles. The number of hydrogen-bond donors (Lipinski definition) is 4. The van der Waals surface area contributed by atoms with Gasteiger partial charge in [0.25, 0.3) is 5.91 Å². The zero-order valence-corrected chi connectivity index (χ0v) is 48.4. The average molecular weight is 1160 g/mol. The number of benzene rings is 3. The Bertz CT molecular complexity index is 3520. The van der Waals surface area contributed by atoms with Crippen LogP contribution < -0.4 is 26.6 Å². The van der Waals surface area contributed by atoms with E-state index in [9.17, 15) is 28.8 Å². The fourth-order valence-corrected chi connectivity index (χ4v) is 11.9. The van der Waals surface area contributed by atoms with Gasteiger partial charge >= 0.3 is 5.97 Å². The number of aryl methyl sites for hydroxylation is 1. The normalized spacial score (nSPS) is 15.1. The van der Waals surface area contributed by atoms with Gasteiger partial charge in [0.15, 0.2) is 11.5 Å². The minimum absolute atomic E-state index is 0.0621. The van der Waals surface area contributed by atoms with E-state index in [4.69, 9.17) is 20.6 Å². The van der Waals surface area contributed by atoms with Crippen molar-refractivity contribution < 1.29 is 37.9 Å². The number of hydrogen-bond acceptors (Lipinski definition) is 15. The molecule has 448 valence electrons. The molecule has 3 saturated heterocycles. The number of ether oxygens (including phenoxy) is 1. The van der Waals surface area contributed by atoms with E-state index in [1.165, 1.54) is 29.8 Å². The summed E-state index contributed by atoms with van der Waals surface area (Å²) in [5.74, 6) is -0.636. The van der Waals surface area contributed by atoms with Crippen molar-refractivity contribution in [2.24, 2.45) is 12.8 Å². The number of amides is 5. The molecule has 85 heavy (non-hydrogen) atoms. The summed E-state index contributed by atoms with van der Waals surface area (Å²) in [7, 11) is 3.09. The van der Waals surface area contributed by atoms with Crippen molar-refractivity contribution in [3.05, 3.63) is 102 Å². The lowest BCUT2D eigenvalue weighted by Crippen LogP contribution is -2.38. The number of nitrogens with two attached hydrogens (primary N) is 1. The zero-order chi connectivity index (χ0) is 59.4. The van der Waals surface area contributed by atoms with Crippen LogP contribution in [-0.4, -0.2) is 143 Å². The minimum atomic E-state index is -0.636. The third kappa shape index (κ3) is 14.8. The topological polar surface area (TPSA) is 276 Å². The number of nitrogens with zero attached hydrogens (tertiary/aromatic N) is 12. The molecule has 5 N–H and O–H groups in total. The highest BCUT2D eigenvalue weighted by Crippen LogP contribution is 2.40. The molecule has 7 aromatic rings. The monoisotopic (exact) mass is 1160 g/mol. The van der Waals surface area contributed by atoms with Gasteiger partial charge in [-0.25, -0.2) is 19.0 Å². The van der Waals surface area contributed by atoms with Crippen LogP contribution in [-0.2, 0) is 55.4 Å². The number of carbonyl (C=O) groups excluding carboxylic acids is 6. The summed E-state index contributed by atoms with van der Waals surface area (Å²) in [6.07, 6.45) is 16.3. The van der Waals surface area contributed by atoms with Gasteiger partial charge in [-0.2, -0.15) is 10.2 Å². The van der Waals surface area contributed by atoms with Gasteiger partial charge in [0.1, 0.15) is 30.4 Å². The van der Waals surface area contributed by atoms with E-state index in [-0.39, 0.29) is 67.7 Å². The third-order valence-electron chi connectivity index (χ3n) is 16.7. The van der Waals surface area contributed by atoms with Crippen molar-refractivity contribution in [3.63, 3.8) is 0 Å². The van der Waals surface area contributed by atoms with Crippen LogP contribution in [0.2, 0.25) is 0 Å². The number of rotatable bonds is 24. The molecule has 3 aliphatic heterocycles. The van der Waals surface area contributed by atoms with Crippen molar-refractivity contribution in [1.82, 2.24) is 65.0 Å². The first-order chi connectivity index (χ1) is 41.3. The summed E-state index contributed by atoms with van der Waals surface area (Å²) in [5.41, 5.74) is 11.3. The zero-order valence-electron chi connectivity index (χ0n) is 48.4. The van der Waals surface area contributed by atoms with Gasteiger partial charge in [0.2, 0.25) is 23.6 Å². The maximum atomic E-state index is 16.0. The van der Waals surface area contributed by atoms with Crippen LogP contribution in [0.15, 0.2) is 73.2 Å². The van der Waals surface area contributed by atoms with E-state index in [0.29, 0.717) is 84.1 Å². The summed E-state index contributed by atoms with van der Waals surface area (Å²) in [6, 6.07) is 17.0. The second-order valence-corrected chi connectivity index (χ2v) is 22.4. The molecule has 3 aliphatic rings. The van der Waals surface area contributed by atoms with Crippen LogP contribution in [0.5, 0.6) is 0 Å². The molecule has 3 fully saturated rings. The summed E-state index contributed by atoms with van der Waals surface area (Å²) in [6.45, 7) is 4.48. The van der Waals surface area contributed by atoms with Crippen LogP contribution in [0.1, 0.15) is 136 Å². The predicted octanol–water partition coefficient (Wildman–Crippen LogP) is 6.78. The maximum absolute atomic E-state index is 16.0. The number of piperidine rings is 3. The number of fused-ring (bicyclic) bond motifs is 2. The van der Waals surface area contributed by atoms with Gasteiger partial charge in [0.05, 0.1) is 49.0 Å². The molecule has 24 heteroatoms. The summed E-state index contributed by atoms with van der Waals surface area (Å²) in [5, 5.41) is 27.8. The molecule has 10 rings (SSSR count). The Labute approximate surface area is 492 Å². The Morgan fingerprint density at radius 3 is 2.20 bits per heavy atom. The Morgan fingerprint density at radius 2 is 1.46 bits per heavy atom. The molecule has 5 amide bonds. The average Bonchev–Trinajstić information content (AvgIpc) is 2.32. The molecule has 3 aromatic carbocycles. The molecule has 4 aromatic heterocycles. The highest BCUT2D eigenvalue weighted by atomic mass is 19.1. The number of likely N-dealkylation sites (tertiary alicyclic amines) is 2. The smallest absolute Gasteiger partial charge is 0.327 e. The Kier molecular flexibility index (Phi) is 19.3. The van der Waals surface area contributed by atoms with Gasteiger partial charge in [-0.1, -0.05) is 48.7 Å². The van der Waals surface area contributed by atoms with Gasteiger partial charge in [-0.3, -0.25) is 38.1 Å². The lowest BCUT2D eigenvalue weighted by Gasteiger charge is -2.32. The molecule has 0 saturated carbocycles. The summed E-state index contributed by atoms with van der Waals surface area (Å²) >= 11 is 0. The minimum Gasteiger partial charge on any atom is -0.468 e. The number of methoxy groups -OCH3 is 1. The number of carbonyl (C=O) groups is 6. The Morgan fingerprint density at radius 1 is 0.741 bits per heavy atom. The van der Waals surface area contributed by atoms with Gasteiger partial charge in [-0.15, -0.1) is 5.10 Å². The van der Waals surface area contributed by atoms with Gasteiger partial charge in [0, 0.05) is 100 Å². The maximum Gasteiger partial charge on any atom is 0.327 e. The molecule has 0 radical (unpaired) electrons. The first-order valence-electron chi connectivity index (χ1n) is 29.7. The van der Waals surface area contributed by atoms with Crippen molar-refractivity contribution >= 4 is 74.6 Å². The number of aromatic nitrogens is 9. The van der Waals surface area contributed by atoms with E-state index >= 15 is 4.39 Å². The van der Waals surface area contributed by atoms with E-state index in [2.05, 4.69) is 53.4 Å². The van der Waals surface area contributed by atoms with Crippen LogP contribution in [0.25, 0.3) is 32.9 Å². The number of nitrogens with one attached hydrogen (secondary N) is 3. The second-order valence-electron chi connectivity index (χ2n) is 22.4. The number of primary amides is 1. The first kappa shape index (κ1) is 59.3. The van der Waals surface area contributed by atoms with Crippen LogP contribution in [0.4, 0.5) is 21.7 Å². The summed E-state index contributed by atoms with van der Waals surface area (Å²) in [4.78, 5) is 91.9. The van der Waals surface area contributed by atoms with Crippen molar-refractivity contribution in [2.45, 2.75) is 128 Å². The first-order valence-corrected chi connectivity index (χ1v) is 29.7. The molecule has 0 spiro atoms. The second kappa shape index (κ2) is 27.7. The number of esters is 1. The Balaban J connectivity index is 0.628. The van der Waals surface area contributed by atoms with Gasteiger partial charge < -0.3 is 41.1 Å². The number of anilines is 3. The van der Waals surface area contributed by atoms with E-state index in [0.717, 1.165) is 106 Å². The number of unbranched alkanes of at least 4 members (excludes halogenated alkanes) is 4. The highest BCUT2D eigenvalue weighted by Gasteiger charge is 2.31. The SMILES string of the molecule is COC(=O)Cn1cc(CNC(=O)Cn2nc(C3CCN(C(=O)CCC(=O)NCCCCCCCC(=O)N4CCC(c5ccc(Nc6nc(N7CCCCC7)cnc6C(N)=O)cc5)CC4)CC3)c3c(-c4cc5c(cnn5C)cc4F)cccc32)nn1. The lowest BCUT2D eigenvalue weighted by atomic mass is 9.88. The van der Waals surface area contributed by atoms with E-state index < -0.39 is 17.7 Å². The fourth-order valence-electron chi connectivity index (χ4n) is 11.9. The Hall–Kier alpha value is -8.83. The predicted molar refractivity (Wildman–Crippen MR) is 317 cm³/mol. The summed E-state index contributed by atoms with van der Waals surface area (Å²) < 4.78 is 25.4. The number of halogens is 1. The largest absolute Gasteiger partial charge is 0.468 e. The molecule has 23 nitrogen and oxygen atoms in total. The van der Waals surface area contributed by atoms with Crippen LogP contribution in [0, 0.1) is 5.82 Å². The van der Waals surface area contributed by atoms with Crippen LogP contribution >= 0.6 is 0 Å². The van der Waals surface area contributed by atoms with Gasteiger partial charge in [-0.05, 0) is 105 Å². The quantitative estimate of drug-likeness (QED) is 0.0359. The molecule has 0 bridgehead atoms.